The maximum absolute atomic E-state index is 10.4. The number of rotatable bonds is 3. The molecular weight excluding hydrogens is 176 g/mol. The third-order valence-corrected chi connectivity index (χ3v) is 1.35. The van der Waals surface area contributed by atoms with Crippen molar-refractivity contribution >= 4 is 11.7 Å². The van der Waals surface area contributed by atoms with E-state index in [-0.39, 0.29) is 11.3 Å². The summed E-state index contributed by atoms with van der Waals surface area (Å²) in [5.41, 5.74) is 2.24. The van der Waals surface area contributed by atoms with Crippen LogP contribution in [-0.4, -0.2) is 16.1 Å². The summed E-state index contributed by atoms with van der Waals surface area (Å²) in [6, 6.07) is 5.22. The van der Waals surface area contributed by atoms with Crippen molar-refractivity contribution in [1.29, 1.82) is 0 Å². The predicted octanol–water partition coefficient (Wildman–Crippen LogP) is 0.988. The molecular formula is C7H6N2O4. The molecule has 0 radical (unpaired) electrons. The molecule has 0 bridgehead atoms. The lowest BCUT2D eigenvalue weighted by Crippen LogP contribution is -2.07. The maximum Gasteiger partial charge on any atom is 0.335 e. The van der Waals surface area contributed by atoms with Crippen molar-refractivity contribution in [2.75, 3.05) is 5.43 Å². The molecule has 0 aliphatic carbocycles. The Morgan fingerprint density at radius 1 is 1.38 bits per heavy atom. The largest absolute Gasteiger partial charge is 0.478 e. The van der Waals surface area contributed by atoms with E-state index in [1.807, 2.05) is 5.43 Å². The van der Waals surface area contributed by atoms with Crippen LogP contribution >= 0.6 is 0 Å². The van der Waals surface area contributed by atoms with Gasteiger partial charge in [0.05, 0.1) is 5.56 Å². The fourth-order valence-electron chi connectivity index (χ4n) is 0.793. The van der Waals surface area contributed by atoms with E-state index in [0.29, 0.717) is 0 Å². The molecule has 0 amide bonds. The first-order chi connectivity index (χ1) is 6.09. The van der Waals surface area contributed by atoms with Gasteiger partial charge in [-0.2, -0.15) is 0 Å². The van der Waals surface area contributed by atoms with Gasteiger partial charge in [0.25, 0.3) is 0 Å². The Balaban J connectivity index is 2.81. The Hall–Kier alpha value is -2.11. The molecule has 68 valence electrons. The highest BCUT2D eigenvalue weighted by Gasteiger charge is 2.03. The molecule has 0 saturated carbocycles. The fraction of sp³-hybridized carbons (Fsp3) is 0. The minimum absolute atomic E-state index is 0.0916. The van der Waals surface area contributed by atoms with Crippen LogP contribution in [0.5, 0.6) is 0 Å². The first-order valence-electron chi connectivity index (χ1n) is 3.34. The van der Waals surface area contributed by atoms with Gasteiger partial charge in [-0.3, -0.25) is 0 Å². The van der Waals surface area contributed by atoms with Gasteiger partial charge in [-0.25, -0.2) is 14.9 Å². The van der Waals surface area contributed by atoms with Crippen LogP contribution in [0.1, 0.15) is 10.4 Å². The second kappa shape index (κ2) is 3.53. The fourth-order valence-corrected chi connectivity index (χ4v) is 0.793. The van der Waals surface area contributed by atoms with Gasteiger partial charge in [0, 0.05) is 0 Å². The average molecular weight is 182 g/mol. The molecule has 6 nitrogen and oxygen atoms in total. The third-order valence-electron chi connectivity index (χ3n) is 1.35. The van der Waals surface area contributed by atoms with E-state index >= 15 is 0 Å². The van der Waals surface area contributed by atoms with Gasteiger partial charge in [-0.05, 0) is 24.3 Å². The zero-order valence-electron chi connectivity index (χ0n) is 6.43. The number of hydrogen-bond acceptors (Lipinski definition) is 3. The second-order valence-corrected chi connectivity index (χ2v) is 2.25. The SMILES string of the molecule is O=C(O)c1ccc(N[N+](=O)[O-])cc1. The maximum atomic E-state index is 10.4. The van der Waals surface area contributed by atoms with Gasteiger partial charge in [0.1, 0.15) is 5.69 Å². The molecule has 0 unspecified atom stereocenters. The summed E-state index contributed by atoms with van der Waals surface area (Å²) in [5.74, 6) is -1.06. The number of nitro groups is 1. The van der Waals surface area contributed by atoms with E-state index in [0.717, 1.165) is 0 Å². The van der Waals surface area contributed by atoms with E-state index in [1.165, 1.54) is 24.3 Å². The lowest BCUT2D eigenvalue weighted by Gasteiger charge is -1.97. The minimum atomic E-state index is -1.06. The van der Waals surface area contributed by atoms with E-state index in [1.54, 1.807) is 0 Å². The number of carboxylic acids is 1. The number of hydrazine groups is 1. The highest BCUT2D eigenvalue weighted by Crippen LogP contribution is 2.08. The molecule has 0 fully saturated rings. The van der Waals surface area contributed by atoms with Crippen LogP contribution in [0.2, 0.25) is 0 Å². The lowest BCUT2D eigenvalue weighted by atomic mass is 10.2. The number of nitrogens with zero attached hydrogens (tertiary/aromatic N) is 1. The summed E-state index contributed by atoms with van der Waals surface area (Å²) in [6.45, 7) is 0. The number of carbonyl (C=O) groups is 1. The van der Waals surface area contributed by atoms with E-state index in [9.17, 15) is 14.9 Å². The molecule has 1 aromatic rings. The lowest BCUT2D eigenvalue weighted by molar-refractivity contribution is -0.445. The molecule has 1 rings (SSSR count). The van der Waals surface area contributed by atoms with Crippen molar-refractivity contribution in [1.82, 2.24) is 0 Å². The molecule has 0 heterocycles. The van der Waals surface area contributed by atoms with Crippen molar-refractivity contribution in [3.05, 3.63) is 39.9 Å². The van der Waals surface area contributed by atoms with Crippen molar-refractivity contribution < 1.29 is 14.9 Å². The number of carboxylic acid groups (broad SMARTS) is 1. The van der Waals surface area contributed by atoms with Crippen molar-refractivity contribution in [2.24, 2.45) is 0 Å². The Labute approximate surface area is 72.9 Å². The third kappa shape index (κ3) is 2.44. The zero-order valence-corrected chi connectivity index (χ0v) is 6.43. The summed E-state index contributed by atoms with van der Waals surface area (Å²) in [6.07, 6.45) is 0. The number of anilines is 1. The Morgan fingerprint density at radius 2 is 1.92 bits per heavy atom. The van der Waals surface area contributed by atoms with E-state index in [2.05, 4.69) is 0 Å². The zero-order chi connectivity index (χ0) is 9.84. The van der Waals surface area contributed by atoms with Gasteiger partial charge >= 0.3 is 5.97 Å². The Kier molecular flexibility index (Phi) is 2.44. The Morgan fingerprint density at radius 3 is 2.31 bits per heavy atom. The highest BCUT2D eigenvalue weighted by molar-refractivity contribution is 5.87. The molecule has 6 heteroatoms. The Bertz CT molecular complexity index is 333. The first kappa shape index (κ1) is 8.98. The number of aromatic carboxylic acids is 1. The van der Waals surface area contributed by atoms with Gasteiger partial charge in [0.2, 0.25) is 0 Å². The van der Waals surface area contributed by atoms with Crippen molar-refractivity contribution in [3.63, 3.8) is 0 Å². The van der Waals surface area contributed by atoms with Crippen LogP contribution in [0.15, 0.2) is 24.3 Å². The summed E-state index contributed by atoms with van der Waals surface area (Å²) >= 11 is 0. The summed E-state index contributed by atoms with van der Waals surface area (Å²) in [5, 5.41) is 17.8. The van der Waals surface area contributed by atoms with Gasteiger partial charge in [0.15, 0.2) is 5.03 Å². The average Bonchev–Trinajstić information content (AvgIpc) is 2.04. The van der Waals surface area contributed by atoms with Crippen LogP contribution < -0.4 is 5.43 Å². The standard InChI is InChI=1S/C7H6N2O4/c10-7(11)5-1-3-6(4-2-5)8-9(12)13/h1-4,8H,(H,10,11). The van der Waals surface area contributed by atoms with Gasteiger partial charge in [-0.1, -0.05) is 0 Å². The quantitative estimate of drug-likeness (QED) is 0.537. The summed E-state index contributed by atoms with van der Waals surface area (Å²) in [4.78, 5) is 20.3. The van der Waals surface area contributed by atoms with Crippen molar-refractivity contribution in [2.45, 2.75) is 0 Å². The summed E-state index contributed by atoms with van der Waals surface area (Å²) in [7, 11) is 0. The topological polar surface area (TPSA) is 92.5 Å². The minimum Gasteiger partial charge on any atom is -0.478 e. The monoisotopic (exact) mass is 182 g/mol. The number of hydrogen-bond donors (Lipinski definition) is 2. The van der Waals surface area contributed by atoms with E-state index < -0.39 is 11.0 Å². The molecule has 2 N–H and O–H groups in total. The van der Waals surface area contributed by atoms with E-state index in [4.69, 9.17) is 5.11 Å². The molecule has 0 aliphatic rings. The van der Waals surface area contributed by atoms with Crippen LogP contribution in [0.25, 0.3) is 0 Å². The van der Waals surface area contributed by atoms with Crippen LogP contribution in [0, 0.1) is 10.1 Å². The number of benzene rings is 1. The molecule has 13 heavy (non-hydrogen) atoms. The van der Waals surface area contributed by atoms with Crippen molar-refractivity contribution in [3.8, 4) is 0 Å². The summed E-state index contributed by atoms with van der Waals surface area (Å²) < 4.78 is 0. The molecule has 1 aromatic carbocycles. The number of nitrogens with one attached hydrogen (secondary N) is 1. The molecule has 0 aromatic heterocycles. The van der Waals surface area contributed by atoms with Crippen LogP contribution in [0.3, 0.4) is 0 Å². The highest BCUT2D eigenvalue weighted by atomic mass is 16.7. The van der Waals surface area contributed by atoms with Gasteiger partial charge in [-0.15, -0.1) is 5.43 Å². The van der Waals surface area contributed by atoms with Crippen LogP contribution in [-0.2, 0) is 0 Å². The smallest absolute Gasteiger partial charge is 0.335 e. The molecule has 0 aliphatic heterocycles. The molecule has 0 saturated heterocycles. The predicted molar refractivity (Wildman–Crippen MR) is 44.0 cm³/mol. The van der Waals surface area contributed by atoms with Gasteiger partial charge < -0.3 is 5.11 Å². The normalized spacial score (nSPS) is 9.23. The second-order valence-electron chi connectivity index (χ2n) is 2.25. The first-order valence-corrected chi connectivity index (χ1v) is 3.34. The molecule has 0 atom stereocenters. The molecule has 0 spiro atoms. The van der Waals surface area contributed by atoms with Crippen LogP contribution in [0.4, 0.5) is 5.69 Å².